The monoisotopic (exact) mass is 553 g/mol. The maximum Gasteiger partial charge on any atom is 0.254 e. The third-order valence-corrected chi connectivity index (χ3v) is 8.31. The fourth-order valence-electron chi connectivity index (χ4n) is 4.31. The zero-order valence-electron chi connectivity index (χ0n) is 20.0. The Morgan fingerprint density at radius 1 is 1.24 bits per heavy atom. The van der Waals surface area contributed by atoms with Crippen molar-refractivity contribution in [3.05, 3.63) is 51.2 Å². The lowest BCUT2D eigenvalue weighted by Gasteiger charge is -2.27. The Hall–Kier alpha value is -3.92. The van der Waals surface area contributed by atoms with Crippen LogP contribution in [0.1, 0.15) is 20.9 Å². The number of carbonyl (C=O) groups is 1. The highest BCUT2D eigenvalue weighted by molar-refractivity contribution is 7.23. The fraction of sp³-hybridized carbons (Fsp3) is 0.304. The Labute approximate surface area is 223 Å². The number of primary amides is 1. The molecule has 38 heavy (non-hydrogen) atoms. The van der Waals surface area contributed by atoms with Crippen LogP contribution in [-0.2, 0) is 11.2 Å². The predicted molar refractivity (Wildman–Crippen MR) is 144 cm³/mol. The van der Waals surface area contributed by atoms with E-state index < -0.39 is 5.91 Å². The second-order valence-electron chi connectivity index (χ2n) is 8.53. The number of carbonyl (C=O) groups excluding carboxylic acids is 1. The van der Waals surface area contributed by atoms with Gasteiger partial charge in [-0.05, 0) is 0 Å². The molecular formula is C23H23N9O4S2. The Balaban J connectivity index is 1.36. The van der Waals surface area contributed by atoms with Gasteiger partial charge in [-0.1, -0.05) is 0 Å². The van der Waals surface area contributed by atoms with Crippen molar-refractivity contribution in [3.63, 3.8) is 0 Å². The third kappa shape index (κ3) is 4.38. The second-order valence-corrected chi connectivity index (χ2v) is 10.7. The van der Waals surface area contributed by atoms with E-state index in [1.54, 1.807) is 22.9 Å². The van der Waals surface area contributed by atoms with Crippen molar-refractivity contribution < 1.29 is 13.9 Å². The summed E-state index contributed by atoms with van der Waals surface area (Å²) < 4.78 is 13.4. The molecule has 6 rings (SSSR count). The lowest BCUT2D eigenvalue weighted by Crippen LogP contribution is -2.36. The van der Waals surface area contributed by atoms with E-state index in [1.807, 2.05) is 0 Å². The van der Waals surface area contributed by atoms with Gasteiger partial charge >= 0.3 is 0 Å². The van der Waals surface area contributed by atoms with Crippen LogP contribution >= 0.6 is 22.7 Å². The molecule has 0 spiro atoms. The first-order valence-corrected chi connectivity index (χ1v) is 13.5. The number of hydrogen-bond donors (Lipinski definition) is 3. The number of nitrogens with zero attached hydrogens (tertiary/aromatic N) is 6. The van der Waals surface area contributed by atoms with E-state index in [0.717, 1.165) is 33.2 Å². The van der Waals surface area contributed by atoms with Crippen LogP contribution in [0.3, 0.4) is 0 Å². The molecule has 6 heterocycles. The maximum absolute atomic E-state index is 12.8. The summed E-state index contributed by atoms with van der Waals surface area (Å²) in [6.07, 6.45) is 5.05. The average Bonchev–Trinajstić information content (AvgIpc) is 3.67. The summed E-state index contributed by atoms with van der Waals surface area (Å²) in [6.45, 7) is 3.57. The van der Waals surface area contributed by atoms with Gasteiger partial charge in [0.25, 0.3) is 5.91 Å². The zero-order chi connectivity index (χ0) is 26.2. The molecular weight excluding hydrogens is 530 g/mol. The molecule has 0 unspecified atom stereocenters. The summed E-state index contributed by atoms with van der Waals surface area (Å²) in [4.78, 5) is 37.4. The number of fused-ring (bicyclic) bond motifs is 2. The molecule has 5 aromatic rings. The highest BCUT2D eigenvalue weighted by Gasteiger charge is 2.23. The molecule has 0 saturated carbocycles. The van der Waals surface area contributed by atoms with Gasteiger partial charge in [-0.3, -0.25) is 14.0 Å². The van der Waals surface area contributed by atoms with E-state index in [4.69, 9.17) is 20.6 Å². The summed E-state index contributed by atoms with van der Waals surface area (Å²) in [7, 11) is 0. The van der Waals surface area contributed by atoms with E-state index in [9.17, 15) is 9.59 Å². The van der Waals surface area contributed by atoms with Gasteiger partial charge in [-0.2, -0.15) is 0 Å². The Kier molecular flexibility index (Phi) is 6.49. The summed E-state index contributed by atoms with van der Waals surface area (Å²) in [6, 6.07) is 1.62. The molecule has 1 fully saturated rings. The van der Waals surface area contributed by atoms with Gasteiger partial charge in [0.2, 0.25) is 11.4 Å². The van der Waals surface area contributed by atoms with Crippen LogP contribution in [0.25, 0.3) is 26.5 Å². The lowest BCUT2D eigenvalue weighted by atomic mass is 10.1. The van der Waals surface area contributed by atoms with Crippen molar-refractivity contribution in [2.24, 2.45) is 11.5 Å². The topological polar surface area (TPSA) is 180 Å². The zero-order valence-corrected chi connectivity index (χ0v) is 21.7. The van der Waals surface area contributed by atoms with Gasteiger partial charge in [0.1, 0.15) is 23.2 Å². The van der Waals surface area contributed by atoms with E-state index in [1.165, 1.54) is 29.0 Å². The molecule has 13 nitrogen and oxygen atoms in total. The lowest BCUT2D eigenvalue weighted by molar-refractivity contribution is 0.1000. The predicted octanol–water partition coefficient (Wildman–Crippen LogP) is 1.31. The van der Waals surface area contributed by atoms with Crippen LogP contribution < -0.4 is 27.1 Å². The number of thiazole rings is 1. The van der Waals surface area contributed by atoms with E-state index in [-0.39, 0.29) is 11.0 Å². The number of aromatic nitrogens is 5. The average molecular weight is 554 g/mol. The fourth-order valence-corrected chi connectivity index (χ4v) is 6.49. The molecule has 1 saturated heterocycles. The van der Waals surface area contributed by atoms with Crippen molar-refractivity contribution in [1.82, 2.24) is 24.6 Å². The van der Waals surface area contributed by atoms with Gasteiger partial charge in [0.05, 0.1) is 34.2 Å². The van der Waals surface area contributed by atoms with Crippen molar-refractivity contribution in [2.75, 3.05) is 49.6 Å². The van der Waals surface area contributed by atoms with Crippen molar-refractivity contribution >= 4 is 55.5 Å². The molecule has 0 aliphatic carbocycles. The van der Waals surface area contributed by atoms with Gasteiger partial charge in [-0.25, -0.2) is 9.97 Å². The number of hydrogen-bond acceptors (Lipinski definition) is 13. The second kappa shape index (κ2) is 10.1. The van der Waals surface area contributed by atoms with Gasteiger partial charge in [-0.15, -0.1) is 32.9 Å². The Bertz CT molecular complexity index is 1700. The van der Waals surface area contributed by atoms with Gasteiger partial charge in [0, 0.05) is 49.7 Å². The number of morpholine rings is 1. The summed E-state index contributed by atoms with van der Waals surface area (Å²) >= 11 is 2.92. The summed E-state index contributed by atoms with van der Waals surface area (Å²) in [5.41, 5.74) is 13.2. The third-order valence-electron chi connectivity index (χ3n) is 6.08. The highest BCUT2D eigenvalue weighted by atomic mass is 32.1. The van der Waals surface area contributed by atoms with E-state index in [2.05, 4.69) is 30.4 Å². The first-order chi connectivity index (χ1) is 18.5. The molecule has 5 N–H and O–H groups in total. The quantitative estimate of drug-likeness (QED) is 0.252. The van der Waals surface area contributed by atoms with E-state index in [0.29, 0.717) is 60.6 Å². The molecule has 1 aliphatic heterocycles. The number of ether oxygens (including phenoxy) is 1. The van der Waals surface area contributed by atoms with Gasteiger partial charge in [0.15, 0.2) is 11.2 Å². The molecule has 0 radical (unpaired) electrons. The number of nitrogens with one attached hydrogen (secondary N) is 1. The summed E-state index contributed by atoms with van der Waals surface area (Å²) in [5, 5.41) is 12.7. The Morgan fingerprint density at radius 3 is 2.87 bits per heavy atom. The molecule has 5 aromatic heterocycles. The normalized spacial score (nSPS) is 14.0. The van der Waals surface area contributed by atoms with Crippen LogP contribution in [-0.4, -0.2) is 69.9 Å². The minimum atomic E-state index is -0.651. The molecule has 1 aliphatic rings. The maximum atomic E-state index is 12.8. The molecule has 0 aromatic carbocycles. The minimum Gasteiger partial charge on any atom is -0.459 e. The molecule has 15 heteroatoms. The van der Waals surface area contributed by atoms with E-state index >= 15 is 0 Å². The molecule has 1 amide bonds. The first kappa shape index (κ1) is 24.4. The van der Waals surface area contributed by atoms with Crippen molar-refractivity contribution in [1.29, 1.82) is 0 Å². The van der Waals surface area contributed by atoms with Crippen molar-refractivity contribution in [2.45, 2.75) is 6.42 Å². The highest BCUT2D eigenvalue weighted by Crippen LogP contribution is 2.38. The standard InChI is InChI=1S/C23H23N9O4S2/c24-1-2-26-23-29-14(17(20(25)34)21-30-28-11-32(21)23)7-12-9-27-22(37-12)13-10-36-18-15(33)8-16(38-19(13)18)31-3-5-35-6-4-31/h8-11H,1-7,24H2,(H2,25,34)(H,26,29). The van der Waals surface area contributed by atoms with Crippen LogP contribution in [0.5, 0.6) is 0 Å². The number of nitrogens with two attached hydrogens (primary N) is 2. The van der Waals surface area contributed by atoms with Crippen LogP contribution in [0.2, 0.25) is 0 Å². The smallest absolute Gasteiger partial charge is 0.254 e. The van der Waals surface area contributed by atoms with Crippen molar-refractivity contribution in [3.8, 4) is 10.6 Å². The minimum absolute atomic E-state index is 0.169. The van der Waals surface area contributed by atoms with Crippen LogP contribution in [0.4, 0.5) is 10.9 Å². The molecule has 0 atom stereocenters. The van der Waals surface area contributed by atoms with Gasteiger partial charge < -0.3 is 30.8 Å². The first-order valence-electron chi connectivity index (χ1n) is 11.8. The van der Waals surface area contributed by atoms with Crippen LogP contribution in [0.15, 0.2) is 34.1 Å². The molecule has 0 bridgehead atoms. The number of amides is 1. The van der Waals surface area contributed by atoms with Crippen LogP contribution in [0, 0.1) is 0 Å². The number of rotatable bonds is 8. The number of anilines is 2. The SMILES string of the molecule is NCCNc1nc(Cc2cnc(-c3coc4c(=O)cc(N5CCOCC5)sc34)s2)c(C(N)=O)c2nncn12. The summed E-state index contributed by atoms with van der Waals surface area (Å²) in [5.74, 6) is -0.191. The Morgan fingerprint density at radius 2 is 2.08 bits per heavy atom. The largest absolute Gasteiger partial charge is 0.459 e. The number of furan rings is 1. The molecule has 196 valence electrons.